The second kappa shape index (κ2) is 9.27. The van der Waals surface area contributed by atoms with Gasteiger partial charge in [0.05, 0.1) is 24.0 Å². The molecule has 0 saturated heterocycles. The van der Waals surface area contributed by atoms with Crippen molar-refractivity contribution in [2.24, 2.45) is 0 Å². The van der Waals surface area contributed by atoms with Gasteiger partial charge in [-0.3, -0.25) is 4.79 Å². The largest absolute Gasteiger partial charge is 0.496 e. The third-order valence-corrected chi connectivity index (χ3v) is 5.17. The zero-order valence-corrected chi connectivity index (χ0v) is 18.8. The average Bonchev–Trinajstić information content (AvgIpc) is 2.71. The lowest BCUT2D eigenvalue weighted by Gasteiger charge is -2.13. The molecule has 12 heteroatoms. The first-order chi connectivity index (χ1) is 15.0. The second-order valence-corrected chi connectivity index (χ2v) is 8.96. The maximum Gasteiger partial charge on any atom is 0.267 e. The van der Waals surface area contributed by atoms with Crippen LogP contribution in [0.25, 0.3) is 11.1 Å². The van der Waals surface area contributed by atoms with Gasteiger partial charge in [0.2, 0.25) is 15.9 Å². The number of nitrogens with one attached hydrogen (secondary N) is 1. The van der Waals surface area contributed by atoms with E-state index in [-0.39, 0.29) is 33.0 Å². The Bertz CT molecular complexity index is 1320. The Morgan fingerprint density at radius 3 is 2.44 bits per heavy atom. The van der Waals surface area contributed by atoms with Crippen molar-refractivity contribution in [3.05, 3.63) is 69.8 Å². The number of methoxy groups -OCH3 is 1. The molecule has 32 heavy (non-hydrogen) atoms. The van der Waals surface area contributed by atoms with Crippen LogP contribution in [-0.2, 0) is 10.0 Å². The van der Waals surface area contributed by atoms with E-state index in [0.717, 1.165) is 18.4 Å². The van der Waals surface area contributed by atoms with Crippen LogP contribution >= 0.6 is 23.2 Å². The highest BCUT2D eigenvalue weighted by Crippen LogP contribution is 2.37. The summed E-state index contributed by atoms with van der Waals surface area (Å²) in [5.41, 5.74) is -0.0676. The van der Waals surface area contributed by atoms with E-state index in [9.17, 15) is 22.0 Å². The van der Waals surface area contributed by atoms with Crippen LogP contribution in [0.2, 0.25) is 10.0 Å². The van der Waals surface area contributed by atoms with Gasteiger partial charge < -0.3 is 9.47 Å². The van der Waals surface area contributed by atoms with E-state index in [1.54, 1.807) is 4.72 Å². The number of amides is 1. The molecule has 0 aliphatic rings. The maximum atomic E-state index is 14.6. The lowest BCUT2D eigenvalue weighted by atomic mass is 10.0. The Labute approximate surface area is 191 Å². The van der Waals surface area contributed by atoms with E-state index in [0.29, 0.717) is 5.56 Å². The molecule has 0 aliphatic carbocycles. The number of carbonyl (C=O) groups is 1. The minimum atomic E-state index is -3.90. The lowest BCUT2D eigenvalue weighted by Crippen LogP contribution is -2.30. The van der Waals surface area contributed by atoms with Crippen LogP contribution in [-0.4, -0.2) is 32.7 Å². The highest BCUT2D eigenvalue weighted by molar-refractivity contribution is 7.89. The van der Waals surface area contributed by atoms with Gasteiger partial charge in [0.15, 0.2) is 11.6 Å². The van der Waals surface area contributed by atoms with Gasteiger partial charge in [-0.05, 0) is 30.3 Å². The smallest absolute Gasteiger partial charge is 0.267 e. The molecule has 0 saturated carbocycles. The molecule has 0 fully saturated rings. The van der Waals surface area contributed by atoms with Crippen molar-refractivity contribution in [1.82, 2.24) is 9.71 Å². The Hall–Kier alpha value is -2.95. The molecule has 168 valence electrons. The summed E-state index contributed by atoms with van der Waals surface area (Å²) < 4.78 is 63.4. The number of benzene rings is 2. The van der Waals surface area contributed by atoms with Crippen LogP contribution in [0.3, 0.4) is 0 Å². The number of sulfonamides is 1. The van der Waals surface area contributed by atoms with Gasteiger partial charge >= 0.3 is 0 Å². The predicted molar refractivity (Wildman–Crippen MR) is 115 cm³/mol. The van der Waals surface area contributed by atoms with Crippen molar-refractivity contribution in [2.45, 2.75) is 0 Å². The summed E-state index contributed by atoms with van der Waals surface area (Å²) in [6, 6.07) is 7.57. The van der Waals surface area contributed by atoms with E-state index >= 15 is 0 Å². The molecule has 3 rings (SSSR count). The molecular formula is C20H14Cl2F2N2O5S. The number of ether oxygens (including phenoxy) is 2. The zero-order chi connectivity index (χ0) is 23.6. The SMILES string of the molecule is COc1cc(C(=O)NS(C)(=O)=O)c(F)cc1-c1cnc(Oc2cccc(Cl)c2F)c(Cl)c1. The minimum absolute atomic E-state index is 0.0248. The fourth-order valence-corrected chi connectivity index (χ4v) is 3.48. The van der Waals surface area contributed by atoms with Crippen molar-refractivity contribution in [3.63, 3.8) is 0 Å². The first-order valence-corrected chi connectivity index (χ1v) is 11.3. The topological polar surface area (TPSA) is 94.6 Å². The molecule has 2 aromatic carbocycles. The Kier molecular flexibility index (Phi) is 6.87. The van der Waals surface area contributed by atoms with Crippen molar-refractivity contribution >= 4 is 39.1 Å². The third-order valence-electron chi connectivity index (χ3n) is 4.05. The van der Waals surface area contributed by atoms with Gasteiger partial charge in [0.25, 0.3) is 5.91 Å². The Balaban J connectivity index is 1.97. The summed E-state index contributed by atoms with van der Waals surface area (Å²) in [5, 5.41) is -0.168. The normalized spacial score (nSPS) is 11.2. The molecule has 0 bridgehead atoms. The minimum Gasteiger partial charge on any atom is -0.496 e. The number of nitrogens with zero attached hydrogens (tertiary/aromatic N) is 1. The molecule has 1 aromatic heterocycles. The van der Waals surface area contributed by atoms with Crippen LogP contribution in [0.15, 0.2) is 42.6 Å². The quantitative estimate of drug-likeness (QED) is 0.518. The molecule has 3 aromatic rings. The van der Waals surface area contributed by atoms with Gasteiger partial charge in [0.1, 0.15) is 16.6 Å². The third kappa shape index (κ3) is 5.26. The van der Waals surface area contributed by atoms with Gasteiger partial charge in [-0.25, -0.2) is 26.9 Å². The van der Waals surface area contributed by atoms with Crippen molar-refractivity contribution < 1.29 is 31.5 Å². The fraction of sp³-hybridized carbons (Fsp3) is 0.100. The molecule has 0 atom stereocenters. The molecule has 0 aliphatic heterocycles. The fourth-order valence-electron chi connectivity index (χ4n) is 2.66. The van der Waals surface area contributed by atoms with Crippen molar-refractivity contribution in [3.8, 4) is 28.5 Å². The number of pyridine rings is 1. The summed E-state index contributed by atoms with van der Waals surface area (Å²) in [7, 11) is -2.61. The van der Waals surface area contributed by atoms with Crippen molar-refractivity contribution in [2.75, 3.05) is 13.4 Å². The van der Waals surface area contributed by atoms with Gasteiger partial charge in [0, 0.05) is 17.3 Å². The van der Waals surface area contributed by atoms with Crippen LogP contribution in [0, 0.1) is 11.6 Å². The van der Waals surface area contributed by atoms with Crippen LogP contribution < -0.4 is 14.2 Å². The molecule has 0 unspecified atom stereocenters. The van der Waals surface area contributed by atoms with E-state index in [1.807, 2.05) is 0 Å². The molecule has 1 heterocycles. The highest BCUT2D eigenvalue weighted by atomic mass is 35.5. The molecular weight excluding hydrogens is 489 g/mol. The number of hydrogen-bond donors (Lipinski definition) is 1. The summed E-state index contributed by atoms with van der Waals surface area (Å²) in [6.45, 7) is 0. The lowest BCUT2D eigenvalue weighted by molar-refractivity contribution is 0.0977. The number of rotatable bonds is 6. The Morgan fingerprint density at radius 2 is 1.81 bits per heavy atom. The summed E-state index contributed by atoms with van der Waals surface area (Å²) in [5.74, 6) is -3.21. The standard InChI is InChI=1S/C20H14Cl2F2N2O5S/c1-30-17-8-12(19(27)26-32(2,28)29)15(23)7-11(17)10-6-14(22)20(25-9-10)31-16-5-3-4-13(21)18(16)24/h3-9H,1-2H3,(H,26,27). The molecule has 7 nitrogen and oxygen atoms in total. The Morgan fingerprint density at radius 1 is 1.09 bits per heavy atom. The van der Waals surface area contributed by atoms with Crippen LogP contribution in [0.1, 0.15) is 10.4 Å². The molecule has 0 spiro atoms. The van der Waals surface area contributed by atoms with Crippen molar-refractivity contribution in [1.29, 1.82) is 0 Å². The van der Waals surface area contributed by atoms with Crippen LogP contribution in [0.5, 0.6) is 17.4 Å². The molecule has 1 amide bonds. The first-order valence-electron chi connectivity index (χ1n) is 8.67. The van der Waals surface area contributed by atoms with E-state index < -0.39 is 33.1 Å². The molecule has 0 radical (unpaired) electrons. The number of hydrogen-bond acceptors (Lipinski definition) is 6. The van der Waals surface area contributed by atoms with E-state index in [1.165, 1.54) is 37.6 Å². The second-order valence-electron chi connectivity index (χ2n) is 6.40. The molecule has 1 N–H and O–H groups in total. The summed E-state index contributed by atoms with van der Waals surface area (Å²) in [4.78, 5) is 16.1. The average molecular weight is 503 g/mol. The number of halogens is 4. The van der Waals surface area contributed by atoms with Gasteiger partial charge in [-0.2, -0.15) is 0 Å². The van der Waals surface area contributed by atoms with Gasteiger partial charge in [-0.15, -0.1) is 0 Å². The number of aromatic nitrogens is 1. The highest BCUT2D eigenvalue weighted by Gasteiger charge is 2.21. The number of carbonyl (C=O) groups excluding carboxylic acids is 1. The predicted octanol–water partition coefficient (Wildman–Crippen LogP) is 4.82. The zero-order valence-electron chi connectivity index (χ0n) is 16.5. The summed E-state index contributed by atoms with van der Waals surface area (Å²) in [6.07, 6.45) is 2.04. The van der Waals surface area contributed by atoms with E-state index in [4.69, 9.17) is 32.7 Å². The monoisotopic (exact) mass is 502 g/mol. The summed E-state index contributed by atoms with van der Waals surface area (Å²) >= 11 is 11.9. The van der Waals surface area contributed by atoms with Gasteiger partial charge in [-0.1, -0.05) is 29.3 Å². The van der Waals surface area contributed by atoms with E-state index in [2.05, 4.69) is 4.98 Å². The van der Waals surface area contributed by atoms with Crippen LogP contribution in [0.4, 0.5) is 8.78 Å². The maximum absolute atomic E-state index is 14.6. The first kappa shape index (κ1) is 23.7.